The predicted molar refractivity (Wildman–Crippen MR) is 111 cm³/mol. The zero-order chi connectivity index (χ0) is 22.5. The number of rotatable bonds is 8. The van der Waals surface area contributed by atoms with E-state index in [1.54, 1.807) is 45.0 Å². The maximum absolute atomic E-state index is 14.5. The fourth-order valence-electron chi connectivity index (χ4n) is 3.95. The Morgan fingerprint density at radius 3 is 2.33 bits per heavy atom. The van der Waals surface area contributed by atoms with Crippen molar-refractivity contribution in [2.24, 2.45) is 0 Å². The summed E-state index contributed by atoms with van der Waals surface area (Å²) in [5.74, 6) is -0.963. The first-order chi connectivity index (χ1) is 14.0. The molecule has 2 rings (SSSR count). The lowest BCUT2D eigenvalue weighted by atomic mass is 9.78. The van der Waals surface area contributed by atoms with E-state index in [1.807, 2.05) is 13.0 Å². The molecule has 0 fully saturated rings. The molecule has 0 saturated carbocycles. The molecule has 0 amide bonds. The van der Waals surface area contributed by atoms with E-state index in [1.165, 1.54) is 12.1 Å². The summed E-state index contributed by atoms with van der Waals surface area (Å²) in [6.45, 7) is 7.24. The summed E-state index contributed by atoms with van der Waals surface area (Å²) in [7, 11) is 0. The van der Waals surface area contributed by atoms with Crippen molar-refractivity contribution < 1.29 is 17.6 Å². The van der Waals surface area contributed by atoms with Gasteiger partial charge in [0.15, 0.2) is 0 Å². The van der Waals surface area contributed by atoms with Crippen LogP contribution in [0.3, 0.4) is 0 Å². The van der Waals surface area contributed by atoms with Crippen LogP contribution in [0.15, 0.2) is 36.4 Å². The molecule has 2 atom stereocenters. The Kier molecular flexibility index (Phi) is 7.65. The van der Waals surface area contributed by atoms with Gasteiger partial charge in [-0.1, -0.05) is 26.0 Å². The Balaban J connectivity index is 2.50. The van der Waals surface area contributed by atoms with Crippen molar-refractivity contribution in [3.05, 3.63) is 70.0 Å². The first-order valence-corrected chi connectivity index (χ1v) is 10.1. The molecule has 0 aliphatic carbocycles. The van der Waals surface area contributed by atoms with E-state index in [0.29, 0.717) is 28.7 Å². The van der Waals surface area contributed by atoms with Gasteiger partial charge in [-0.25, -0.2) is 4.39 Å². The highest BCUT2D eigenvalue weighted by atomic mass is 19.4. The highest BCUT2D eigenvalue weighted by Gasteiger charge is 2.54. The van der Waals surface area contributed by atoms with E-state index in [0.717, 1.165) is 5.56 Å². The van der Waals surface area contributed by atoms with Gasteiger partial charge in [0.25, 0.3) is 0 Å². The van der Waals surface area contributed by atoms with Crippen LogP contribution in [-0.2, 0) is 6.42 Å². The minimum absolute atomic E-state index is 0.212. The molecular formula is C24H28F4N2. The van der Waals surface area contributed by atoms with Crippen molar-refractivity contribution in [1.29, 1.82) is 5.26 Å². The van der Waals surface area contributed by atoms with Gasteiger partial charge in [0.1, 0.15) is 11.4 Å². The molecule has 2 nitrogen and oxygen atoms in total. The number of alkyl halides is 3. The summed E-state index contributed by atoms with van der Waals surface area (Å²) in [5.41, 5.74) is 0.788. The van der Waals surface area contributed by atoms with E-state index in [4.69, 9.17) is 5.26 Å². The van der Waals surface area contributed by atoms with Crippen molar-refractivity contribution in [1.82, 2.24) is 5.32 Å². The molecule has 0 radical (unpaired) electrons. The van der Waals surface area contributed by atoms with Crippen LogP contribution in [0.25, 0.3) is 0 Å². The number of nitriles is 1. The molecule has 0 heterocycles. The standard InChI is InChI=1S/C24H28F4N2/c1-5-10-30-23(24(26,27)28,14-20-8-7-19(15-29)11-17(20)3)13-18(4)22-12-21(25)9-6-16(22)2/h6-9,11-12,18,30H,5,10,13-14H2,1-4H3. The van der Waals surface area contributed by atoms with Crippen LogP contribution in [-0.4, -0.2) is 18.3 Å². The van der Waals surface area contributed by atoms with Gasteiger partial charge in [-0.2, -0.15) is 18.4 Å². The van der Waals surface area contributed by atoms with Crippen LogP contribution in [0.1, 0.15) is 60.4 Å². The van der Waals surface area contributed by atoms with Gasteiger partial charge in [-0.15, -0.1) is 0 Å². The largest absolute Gasteiger partial charge is 0.406 e. The maximum Gasteiger partial charge on any atom is 0.406 e. The summed E-state index contributed by atoms with van der Waals surface area (Å²) < 4.78 is 57.4. The Morgan fingerprint density at radius 1 is 1.07 bits per heavy atom. The third kappa shape index (κ3) is 5.40. The van der Waals surface area contributed by atoms with E-state index >= 15 is 0 Å². The number of hydrogen-bond acceptors (Lipinski definition) is 2. The normalized spacial score (nSPS) is 14.8. The average Bonchev–Trinajstić information content (AvgIpc) is 2.68. The fourth-order valence-corrected chi connectivity index (χ4v) is 3.95. The van der Waals surface area contributed by atoms with Crippen molar-refractivity contribution in [2.45, 2.75) is 64.6 Å². The topological polar surface area (TPSA) is 35.8 Å². The first-order valence-electron chi connectivity index (χ1n) is 10.1. The number of benzene rings is 2. The lowest BCUT2D eigenvalue weighted by molar-refractivity contribution is -0.200. The lowest BCUT2D eigenvalue weighted by Gasteiger charge is -2.39. The van der Waals surface area contributed by atoms with Gasteiger partial charge >= 0.3 is 6.18 Å². The number of aryl methyl sites for hydroxylation is 2. The van der Waals surface area contributed by atoms with Gasteiger partial charge in [0.2, 0.25) is 0 Å². The zero-order valence-corrected chi connectivity index (χ0v) is 17.8. The monoisotopic (exact) mass is 420 g/mol. The molecule has 2 aromatic carbocycles. The van der Waals surface area contributed by atoms with Crippen molar-refractivity contribution in [3.8, 4) is 6.07 Å². The molecule has 2 unspecified atom stereocenters. The van der Waals surface area contributed by atoms with Crippen molar-refractivity contribution in [3.63, 3.8) is 0 Å². The number of nitrogens with zero attached hydrogens (tertiary/aromatic N) is 1. The predicted octanol–water partition coefficient (Wildman–Crippen LogP) is 6.35. The summed E-state index contributed by atoms with van der Waals surface area (Å²) >= 11 is 0. The smallest absolute Gasteiger partial charge is 0.303 e. The van der Waals surface area contributed by atoms with Crippen molar-refractivity contribution in [2.75, 3.05) is 6.54 Å². The Bertz CT molecular complexity index is 914. The summed E-state index contributed by atoms with van der Waals surface area (Å²) in [4.78, 5) is 0. The van der Waals surface area contributed by atoms with Crippen LogP contribution in [0.5, 0.6) is 0 Å². The minimum atomic E-state index is -4.52. The van der Waals surface area contributed by atoms with Gasteiger partial charge in [0.05, 0.1) is 11.6 Å². The maximum atomic E-state index is 14.5. The third-order valence-electron chi connectivity index (χ3n) is 5.65. The highest BCUT2D eigenvalue weighted by Crippen LogP contribution is 2.41. The fraction of sp³-hybridized carbons (Fsp3) is 0.458. The molecule has 0 aliphatic heterocycles. The van der Waals surface area contributed by atoms with Gasteiger partial charge in [0, 0.05) is 0 Å². The van der Waals surface area contributed by atoms with Crippen LogP contribution < -0.4 is 5.32 Å². The molecule has 0 aliphatic rings. The van der Waals surface area contributed by atoms with Gasteiger partial charge < -0.3 is 5.32 Å². The molecule has 0 saturated heterocycles. The quantitative estimate of drug-likeness (QED) is 0.505. The second-order valence-corrected chi connectivity index (χ2v) is 8.04. The average molecular weight is 420 g/mol. The Labute approximate surface area is 175 Å². The van der Waals surface area contributed by atoms with Crippen LogP contribution in [0.2, 0.25) is 0 Å². The molecule has 162 valence electrons. The molecule has 30 heavy (non-hydrogen) atoms. The molecule has 0 spiro atoms. The molecule has 2 aromatic rings. The molecule has 6 heteroatoms. The Hall–Kier alpha value is -2.39. The molecule has 0 bridgehead atoms. The number of nitrogens with one attached hydrogen (secondary N) is 1. The molecular weight excluding hydrogens is 392 g/mol. The van der Waals surface area contributed by atoms with Crippen LogP contribution in [0.4, 0.5) is 17.6 Å². The molecule has 0 aromatic heterocycles. The first kappa shape index (κ1) is 23.9. The molecule has 1 N–H and O–H groups in total. The SMILES string of the molecule is CCCNC(Cc1ccc(C#N)cc1C)(CC(C)c1cc(F)ccc1C)C(F)(F)F. The number of hydrogen-bond donors (Lipinski definition) is 1. The lowest BCUT2D eigenvalue weighted by Crippen LogP contribution is -2.59. The summed E-state index contributed by atoms with van der Waals surface area (Å²) in [6, 6.07) is 11.0. The van der Waals surface area contributed by atoms with Gasteiger partial charge in [-0.05, 0) is 92.1 Å². The third-order valence-corrected chi connectivity index (χ3v) is 5.65. The highest BCUT2D eigenvalue weighted by molar-refractivity contribution is 5.39. The Morgan fingerprint density at radius 2 is 1.77 bits per heavy atom. The summed E-state index contributed by atoms with van der Waals surface area (Å²) in [5, 5.41) is 11.8. The van der Waals surface area contributed by atoms with E-state index in [9.17, 15) is 17.6 Å². The summed E-state index contributed by atoms with van der Waals surface area (Å²) in [6.07, 6.45) is -4.44. The minimum Gasteiger partial charge on any atom is -0.303 e. The van der Waals surface area contributed by atoms with Crippen LogP contribution >= 0.6 is 0 Å². The number of halogens is 4. The van der Waals surface area contributed by atoms with Crippen molar-refractivity contribution >= 4 is 0 Å². The zero-order valence-electron chi connectivity index (χ0n) is 17.8. The second-order valence-electron chi connectivity index (χ2n) is 8.04. The van der Waals surface area contributed by atoms with E-state index in [-0.39, 0.29) is 19.4 Å². The van der Waals surface area contributed by atoms with E-state index < -0.39 is 23.5 Å². The van der Waals surface area contributed by atoms with Crippen LogP contribution in [0, 0.1) is 31.0 Å². The van der Waals surface area contributed by atoms with Gasteiger partial charge in [-0.3, -0.25) is 0 Å². The second kappa shape index (κ2) is 9.61. The van der Waals surface area contributed by atoms with E-state index in [2.05, 4.69) is 5.32 Å².